The van der Waals surface area contributed by atoms with Gasteiger partial charge in [-0.1, -0.05) is 151 Å². The predicted octanol–water partition coefficient (Wildman–Crippen LogP) is 13.9. The molecule has 53 heavy (non-hydrogen) atoms. The first-order chi connectivity index (χ1) is 26.2. The van der Waals surface area contributed by atoms with E-state index in [1.165, 1.54) is 70.8 Å². The lowest BCUT2D eigenvalue weighted by Gasteiger charge is -2.15. The first kappa shape index (κ1) is 33.2. The third kappa shape index (κ3) is 6.41. The summed E-state index contributed by atoms with van der Waals surface area (Å²) >= 11 is 0. The van der Waals surface area contributed by atoms with Crippen LogP contribution in [-0.4, -0.2) is 11.3 Å². The van der Waals surface area contributed by atoms with Crippen LogP contribution in [0.15, 0.2) is 194 Å². The lowest BCUT2D eigenvalue weighted by molar-refractivity contribution is 1.18. The molecule has 0 atom stereocenters. The average molecular weight is 682 g/mol. The number of anilines is 2. The molecule has 3 nitrogen and oxygen atoms in total. The third-order valence-electron chi connectivity index (χ3n) is 9.86. The van der Waals surface area contributed by atoms with Crippen molar-refractivity contribution in [3.8, 4) is 16.8 Å². The minimum atomic E-state index is 1.05. The topological polar surface area (TPSA) is 40.8 Å². The molecular formula is C50H39N3. The van der Waals surface area contributed by atoms with Gasteiger partial charge in [0.15, 0.2) is 0 Å². The van der Waals surface area contributed by atoms with Gasteiger partial charge in [-0.15, -0.1) is 0 Å². The molecule has 0 amide bonds. The molecule has 3 heteroatoms. The van der Waals surface area contributed by atoms with Gasteiger partial charge in [0.05, 0.1) is 11.0 Å². The van der Waals surface area contributed by atoms with E-state index in [2.05, 4.69) is 199 Å². The molecule has 1 aromatic heterocycles. The second-order valence-corrected chi connectivity index (χ2v) is 13.1. The predicted molar refractivity (Wildman–Crippen MR) is 229 cm³/mol. The highest BCUT2D eigenvalue weighted by atomic mass is 15.0. The Morgan fingerprint density at radius 3 is 1.47 bits per heavy atom. The number of nitrogens with one attached hydrogen (secondary N) is 2. The maximum Gasteiger partial charge on any atom is 0.0541 e. The number of para-hydroxylation sites is 2. The number of hydrogen-bond donors (Lipinski definition) is 2. The van der Waals surface area contributed by atoms with Crippen molar-refractivity contribution in [1.82, 2.24) is 4.57 Å². The van der Waals surface area contributed by atoms with Crippen molar-refractivity contribution in [2.45, 2.75) is 6.92 Å². The highest BCUT2D eigenvalue weighted by Crippen LogP contribution is 2.39. The van der Waals surface area contributed by atoms with Gasteiger partial charge in [-0.2, -0.15) is 0 Å². The van der Waals surface area contributed by atoms with E-state index in [1.807, 2.05) is 18.2 Å². The fourth-order valence-electron chi connectivity index (χ4n) is 7.47. The van der Waals surface area contributed by atoms with Crippen LogP contribution < -0.4 is 5.32 Å². The first-order valence-electron chi connectivity index (χ1n) is 17.9. The van der Waals surface area contributed by atoms with Gasteiger partial charge < -0.3 is 15.3 Å². The van der Waals surface area contributed by atoms with Gasteiger partial charge >= 0.3 is 0 Å². The van der Waals surface area contributed by atoms with Crippen molar-refractivity contribution in [3.05, 3.63) is 200 Å². The van der Waals surface area contributed by atoms with Crippen LogP contribution in [0.5, 0.6) is 0 Å². The van der Waals surface area contributed by atoms with Crippen LogP contribution in [0, 0.1) is 12.3 Å². The Hall–Kier alpha value is -6.97. The summed E-state index contributed by atoms with van der Waals surface area (Å²) in [7, 11) is 0. The molecule has 0 aliphatic heterocycles. The Morgan fingerprint density at radius 1 is 0.377 bits per heavy atom. The summed E-state index contributed by atoms with van der Waals surface area (Å²) in [6.45, 7) is 4.58. The SMILES string of the molecule is C=N.Cc1ccccc1.c1ccc(-c2ccc3c4ccccc4c4ccc(Nc5cccc(-n6c7ccccc7c7ccccc76)c5)cc4c3c2)cc1. The van der Waals surface area contributed by atoms with Crippen molar-refractivity contribution in [2.75, 3.05) is 5.32 Å². The Morgan fingerprint density at radius 2 is 0.868 bits per heavy atom. The highest BCUT2D eigenvalue weighted by Gasteiger charge is 2.13. The quantitative estimate of drug-likeness (QED) is 0.141. The number of hydrogen-bond acceptors (Lipinski definition) is 2. The summed E-state index contributed by atoms with van der Waals surface area (Å²) in [5.41, 5.74) is 9.46. The minimum absolute atomic E-state index is 1.05. The van der Waals surface area contributed by atoms with Gasteiger partial charge in [-0.3, -0.25) is 0 Å². The minimum Gasteiger partial charge on any atom is -0.355 e. The van der Waals surface area contributed by atoms with Crippen LogP contribution in [0.4, 0.5) is 11.4 Å². The lowest BCUT2D eigenvalue weighted by atomic mass is 9.92. The Bertz CT molecular complexity index is 2800. The summed E-state index contributed by atoms with van der Waals surface area (Å²) in [6, 6.07) is 69.4. The normalized spacial score (nSPS) is 10.9. The van der Waals surface area contributed by atoms with Crippen LogP contribution in [0.25, 0.3) is 70.9 Å². The molecule has 2 N–H and O–H groups in total. The van der Waals surface area contributed by atoms with Crippen LogP contribution in [0.2, 0.25) is 0 Å². The molecule has 254 valence electrons. The molecule has 10 aromatic rings. The molecule has 0 spiro atoms. The van der Waals surface area contributed by atoms with Gasteiger partial charge in [0.2, 0.25) is 0 Å². The average Bonchev–Trinajstić information content (AvgIpc) is 3.57. The van der Waals surface area contributed by atoms with Gasteiger partial charge in [-0.05, 0) is 106 Å². The van der Waals surface area contributed by atoms with Crippen LogP contribution in [-0.2, 0) is 0 Å². The van der Waals surface area contributed by atoms with Gasteiger partial charge in [-0.25, -0.2) is 0 Å². The zero-order chi connectivity index (χ0) is 36.1. The van der Waals surface area contributed by atoms with Gasteiger partial charge in [0, 0.05) is 27.8 Å². The van der Waals surface area contributed by atoms with Crippen molar-refractivity contribution in [1.29, 1.82) is 5.41 Å². The molecule has 0 radical (unpaired) electrons. The third-order valence-corrected chi connectivity index (χ3v) is 9.86. The van der Waals surface area contributed by atoms with Crippen LogP contribution in [0.3, 0.4) is 0 Å². The number of rotatable bonds is 4. The zero-order valence-electron chi connectivity index (χ0n) is 29.6. The molecule has 0 unspecified atom stereocenters. The van der Waals surface area contributed by atoms with E-state index in [1.54, 1.807) is 0 Å². The summed E-state index contributed by atoms with van der Waals surface area (Å²) in [4.78, 5) is 0. The van der Waals surface area contributed by atoms with Crippen LogP contribution in [0.1, 0.15) is 5.56 Å². The molecule has 0 bridgehead atoms. The van der Waals surface area contributed by atoms with E-state index in [0.29, 0.717) is 0 Å². The summed E-state index contributed by atoms with van der Waals surface area (Å²) in [5, 5.41) is 19.4. The van der Waals surface area contributed by atoms with E-state index in [-0.39, 0.29) is 0 Å². The van der Waals surface area contributed by atoms with Gasteiger partial charge in [0.25, 0.3) is 0 Å². The Kier molecular flexibility index (Phi) is 9.21. The summed E-state index contributed by atoms with van der Waals surface area (Å²) in [6.07, 6.45) is 0. The van der Waals surface area contributed by atoms with Crippen molar-refractivity contribution in [3.63, 3.8) is 0 Å². The molecule has 0 aliphatic carbocycles. The largest absolute Gasteiger partial charge is 0.355 e. The first-order valence-corrected chi connectivity index (χ1v) is 17.9. The van der Waals surface area contributed by atoms with E-state index in [0.717, 1.165) is 17.1 Å². The molecule has 0 saturated carbocycles. The molecular weight excluding hydrogens is 643 g/mol. The standard InChI is InChI=1S/C42H28N2.C7H8.CH3N/c1-2-11-28(12-3-1)29-21-23-35-33-15-4-5-16-34(33)36-24-22-31(27-40(36)39(35)25-29)43-30-13-10-14-32(26-30)44-41-19-8-6-17-37(41)38-18-7-9-20-42(38)44;1-7-5-3-2-4-6-7;1-2/h1-27,43H;2-6H,1H3;2H,1H2. The smallest absolute Gasteiger partial charge is 0.0541 e. The molecule has 0 aliphatic rings. The van der Waals surface area contributed by atoms with Crippen molar-refractivity contribution < 1.29 is 0 Å². The Balaban J connectivity index is 0.000000397. The maximum absolute atomic E-state index is 5.50. The fourth-order valence-corrected chi connectivity index (χ4v) is 7.47. The van der Waals surface area contributed by atoms with E-state index < -0.39 is 0 Å². The molecule has 0 fully saturated rings. The second kappa shape index (κ2) is 14.7. The number of aryl methyl sites for hydroxylation is 1. The number of nitrogens with zero attached hydrogens (tertiary/aromatic N) is 1. The molecule has 1 heterocycles. The zero-order valence-corrected chi connectivity index (χ0v) is 29.6. The number of aromatic nitrogens is 1. The number of fused-ring (bicyclic) bond motifs is 9. The molecule has 9 aromatic carbocycles. The van der Waals surface area contributed by atoms with E-state index in [9.17, 15) is 0 Å². The monoisotopic (exact) mass is 681 g/mol. The summed E-state index contributed by atoms with van der Waals surface area (Å²) < 4.78 is 2.36. The number of benzene rings is 9. The van der Waals surface area contributed by atoms with Crippen molar-refractivity contribution >= 4 is 72.2 Å². The van der Waals surface area contributed by atoms with Gasteiger partial charge in [0.1, 0.15) is 0 Å². The maximum atomic E-state index is 5.50. The highest BCUT2D eigenvalue weighted by molar-refractivity contribution is 6.26. The Labute approximate surface area is 309 Å². The molecule has 0 saturated heterocycles. The van der Waals surface area contributed by atoms with E-state index >= 15 is 0 Å². The molecule has 10 rings (SSSR count). The summed E-state index contributed by atoms with van der Waals surface area (Å²) in [5.74, 6) is 0. The fraction of sp³-hybridized carbons (Fsp3) is 0.0200. The van der Waals surface area contributed by atoms with Crippen LogP contribution >= 0.6 is 0 Å². The second-order valence-electron chi connectivity index (χ2n) is 13.1. The lowest BCUT2D eigenvalue weighted by Crippen LogP contribution is -1.96. The van der Waals surface area contributed by atoms with Crippen molar-refractivity contribution in [2.24, 2.45) is 0 Å². The van der Waals surface area contributed by atoms with E-state index in [4.69, 9.17) is 5.41 Å².